The molecule has 5 nitrogen and oxygen atoms in total. The van der Waals surface area contributed by atoms with Gasteiger partial charge in [0.1, 0.15) is 5.82 Å². The molecule has 0 bridgehead atoms. The van der Waals surface area contributed by atoms with Gasteiger partial charge in [-0.15, -0.1) is 0 Å². The smallest absolute Gasteiger partial charge is 0.227 e. The van der Waals surface area contributed by atoms with Gasteiger partial charge in [0.25, 0.3) is 0 Å². The number of hydrogen-bond acceptors (Lipinski definition) is 5. The number of halogens is 1. The van der Waals surface area contributed by atoms with Gasteiger partial charge in [0.05, 0.1) is 0 Å². The van der Waals surface area contributed by atoms with Gasteiger partial charge in [-0.3, -0.25) is 0 Å². The van der Waals surface area contributed by atoms with Gasteiger partial charge in [-0.05, 0) is 68.5 Å². The van der Waals surface area contributed by atoms with Crippen molar-refractivity contribution in [1.29, 1.82) is 0 Å². The molecule has 1 heterocycles. The minimum Gasteiger partial charge on any atom is -0.373 e. The predicted molar refractivity (Wildman–Crippen MR) is 114 cm³/mol. The average Bonchev–Trinajstić information content (AvgIpc) is 2.69. The van der Waals surface area contributed by atoms with Crippen molar-refractivity contribution in [2.24, 2.45) is 0 Å². The molecule has 0 amide bonds. The third-order valence-corrected chi connectivity index (χ3v) is 4.59. The molecule has 0 saturated heterocycles. The summed E-state index contributed by atoms with van der Waals surface area (Å²) < 4.78 is 13.4. The van der Waals surface area contributed by atoms with Crippen LogP contribution in [0.4, 0.5) is 21.7 Å². The molecule has 0 aliphatic rings. The Hall–Kier alpha value is -2.99. The molecule has 0 saturated carbocycles. The summed E-state index contributed by atoms with van der Waals surface area (Å²) in [6.45, 7) is 3.72. The average molecular weight is 379 g/mol. The number of rotatable bonds is 7. The van der Waals surface area contributed by atoms with E-state index in [4.69, 9.17) is 0 Å². The van der Waals surface area contributed by atoms with Crippen molar-refractivity contribution in [3.8, 4) is 11.1 Å². The molecule has 1 N–H and O–H groups in total. The maximum atomic E-state index is 13.4. The first-order valence-corrected chi connectivity index (χ1v) is 9.24. The summed E-state index contributed by atoms with van der Waals surface area (Å²) >= 11 is 0. The van der Waals surface area contributed by atoms with Crippen molar-refractivity contribution >= 4 is 17.3 Å². The highest BCUT2D eigenvalue weighted by Gasteiger charge is 2.05. The van der Waals surface area contributed by atoms with Gasteiger partial charge < -0.3 is 15.1 Å². The summed E-state index contributed by atoms with van der Waals surface area (Å²) in [5.41, 5.74) is 4.45. The monoisotopic (exact) mass is 379 g/mol. The Morgan fingerprint density at radius 2 is 1.57 bits per heavy atom. The van der Waals surface area contributed by atoms with E-state index in [0.29, 0.717) is 11.5 Å². The lowest BCUT2D eigenvalue weighted by atomic mass is 10.1. The number of aromatic nitrogens is 2. The van der Waals surface area contributed by atoms with Crippen LogP contribution in [0.1, 0.15) is 5.56 Å². The molecule has 28 heavy (non-hydrogen) atoms. The standard InChI is InChI=1S/C22H26FN5/c1-16-13-17(5-10-21(16)23)18-14-24-22(25-15-18)26-19-6-8-20(9-7-19)28(4)12-11-27(2)3/h5-10,13-15H,11-12H2,1-4H3,(H,24,25,26). The lowest BCUT2D eigenvalue weighted by Crippen LogP contribution is -2.28. The molecule has 0 aliphatic carbocycles. The van der Waals surface area contributed by atoms with Crippen LogP contribution >= 0.6 is 0 Å². The molecule has 3 aromatic rings. The molecular weight excluding hydrogens is 353 g/mol. The Kier molecular flexibility index (Phi) is 6.21. The van der Waals surface area contributed by atoms with E-state index in [1.165, 1.54) is 6.07 Å². The Morgan fingerprint density at radius 3 is 2.18 bits per heavy atom. The first kappa shape index (κ1) is 19.8. The Morgan fingerprint density at radius 1 is 0.893 bits per heavy atom. The molecule has 0 unspecified atom stereocenters. The Labute approximate surface area is 165 Å². The third kappa shape index (κ3) is 5.04. The molecular formula is C22H26FN5. The van der Waals surface area contributed by atoms with Crippen LogP contribution < -0.4 is 10.2 Å². The second-order valence-corrected chi connectivity index (χ2v) is 7.16. The molecule has 1 aromatic heterocycles. The van der Waals surface area contributed by atoms with Crippen molar-refractivity contribution < 1.29 is 4.39 Å². The van der Waals surface area contributed by atoms with Gasteiger partial charge in [0, 0.05) is 49.5 Å². The number of anilines is 3. The Balaban J connectivity index is 1.64. The van der Waals surface area contributed by atoms with E-state index in [0.717, 1.165) is 35.6 Å². The highest BCUT2D eigenvalue weighted by atomic mass is 19.1. The Bertz CT molecular complexity index is 907. The van der Waals surface area contributed by atoms with Crippen molar-refractivity contribution in [2.45, 2.75) is 6.92 Å². The molecule has 0 fully saturated rings. The zero-order valence-electron chi connectivity index (χ0n) is 16.8. The number of nitrogens with one attached hydrogen (secondary N) is 1. The largest absolute Gasteiger partial charge is 0.373 e. The second-order valence-electron chi connectivity index (χ2n) is 7.16. The fourth-order valence-corrected chi connectivity index (χ4v) is 2.77. The van der Waals surface area contributed by atoms with Crippen LogP contribution in [0.2, 0.25) is 0 Å². The van der Waals surface area contributed by atoms with Crippen LogP contribution in [0.25, 0.3) is 11.1 Å². The first-order valence-electron chi connectivity index (χ1n) is 9.24. The van der Waals surface area contributed by atoms with Crippen molar-refractivity contribution in [1.82, 2.24) is 14.9 Å². The van der Waals surface area contributed by atoms with Crippen LogP contribution in [-0.2, 0) is 0 Å². The molecule has 0 aliphatic heterocycles. The van der Waals surface area contributed by atoms with Gasteiger partial charge in [-0.25, -0.2) is 14.4 Å². The minimum absolute atomic E-state index is 0.209. The van der Waals surface area contributed by atoms with E-state index in [9.17, 15) is 4.39 Å². The van der Waals surface area contributed by atoms with Gasteiger partial charge >= 0.3 is 0 Å². The minimum atomic E-state index is -0.209. The van der Waals surface area contributed by atoms with Crippen LogP contribution in [0.5, 0.6) is 0 Å². The highest BCUT2D eigenvalue weighted by molar-refractivity contribution is 5.64. The topological polar surface area (TPSA) is 44.3 Å². The van der Waals surface area contributed by atoms with Crippen LogP contribution in [0.3, 0.4) is 0 Å². The second kappa shape index (κ2) is 8.80. The van der Waals surface area contributed by atoms with E-state index in [2.05, 4.69) is 58.4 Å². The SMILES string of the molecule is Cc1cc(-c2cnc(Nc3ccc(N(C)CCN(C)C)cc3)nc2)ccc1F. The van der Waals surface area contributed by atoms with Crippen LogP contribution in [0, 0.1) is 12.7 Å². The fourth-order valence-electron chi connectivity index (χ4n) is 2.77. The number of hydrogen-bond donors (Lipinski definition) is 1. The van der Waals surface area contributed by atoms with E-state index >= 15 is 0 Å². The summed E-state index contributed by atoms with van der Waals surface area (Å²) in [7, 11) is 6.23. The zero-order valence-corrected chi connectivity index (χ0v) is 16.8. The highest BCUT2D eigenvalue weighted by Crippen LogP contribution is 2.22. The van der Waals surface area contributed by atoms with Gasteiger partial charge in [0.2, 0.25) is 5.95 Å². The van der Waals surface area contributed by atoms with Crippen LogP contribution in [0.15, 0.2) is 54.9 Å². The summed E-state index contributed by atoms with van der Waals surface area (Å²) in [6, 6.07) is 13.2. The molecule has 0 atom stereocenters. The van der Waals surface area contributed by atoms with Crippen molar-refractivity contribution in [2.75, 3.05) is 44.4 Å². The summed E-state index contributed by atoms with van der Waals surface area (Å²) in [4.78, 5) is 13.1. The molecule has 0 spiro atoms. The van der Waals surface area contributed by atoms with E-state index < -0.39 is 0 Å². The number of likely N-dealkylation sites (N-methyl/N-ethyl adjacent to an activating group) is 2. The molecule has 146 valence electrons. The number of aryl methyl sites for hydroxylation is 1. The van der Waals surface area contributed by atoms with E-state index in [-0.39, 0.29) is 5.82 Å². The van der Waals surface area contributed by atoms with Crippen LogP contribution in [-0.4, -0.2) is 49.1 Å². The lowest BCUT2D eigenvalue weighted by molar-refractivity contribution is 0.416. The maximum Gasteiger partial charge on any atom is 0.227 e. The van der Waals surface area contributed by atoms with Crippen molar-refractivity contribution in [3.05, 3.63) is 66.2 Å². The lowest BCUT2D eigenvalue weighted by Gasteiger charge is -2.21. The van der Waals surface area contributed by atoms with Gasteiger partial charge in [-0.1, -0.05) is 6.07 Å². The van der Waals surface area contributed by atoms with E-state index in [1.807, 2.05) is 12.1 Å². The maximum absolute atomic E-state index is 13.4. The van der Waals surface area contributed by atoms with Crippen molar-refractivity contribution in [3.63, 3.8) is 0 Å². The third-order valence-electron chi connectivity index (χ3n) is 4.59. The number of nitrogens with zero attached hydrogens (tertiary/aromatic N) is 4. The summed E-state index contributed by atoms with van der Waals surface area (Å²) in [5, 5.41) is 3.21. The number of benzene rings is 2. The molecule has 2 aromatic carbocycles. The quantitative estimate of drug-likeness (QED) is 0.662. The molecule has 6 heteroatoms. The zero-order chi connectivity index (χ0) is 20.1. The first-order chi connectivity index (χ1) is 13.4. The molecule has 0 radical (unpaired) electrons. The van der Waals surface area contributed by atoms with Gasteiger partial charge in [-0.2, -0.15) is 0 Å². The summed E-state index contributed by atoms with van der Waals surface area (Å²) in [6.07, 6.45) is 3.48. The van der Waals surface area contributed by atoms with E-state index in [1.54, 1.807) is 31.5 Å². The fraction of sp³-hybridized carbons (Fsp3) is 0.273. The normalized spacial score (nSPS) is 10.9. The molecule has 3 rings (SSSR count). The predicted octanol–water partition coefficient (Wildman–Crippen LogP) is 4.33. The van der Waals surface area contributed by atoms with Gasteiger partial charge in [0.15, 0.2) is 0 Å². The summed E-state index contributed by atoms with van der Waals surface area (Å²) in [5.74, 6) is 0.315.